The lowest BCUT2D eigenvalue weighted by molar-refractivity contribution is 0.0852. The Hall–Kier alpha value is -1.54. The second kappa shape index (κ2) is 24.6. The highest BCUT2D eigenvalue weighted by molar-refractivity contribution is 6.18. The Balaban J connectivity index is 2.17. The first-order valence-corrected chi connectivity index (χ1v) is 18.8. The van der Waals surface area contributed by atoms with Gasteiger partial charge in [-0.25, -0.2) is 0 Å². The van der Waals surface area contributed by atoms with E-state index in [4.69, 9.17) is 55.9 Å². The van der Waals surface area contributed by atoms with Crippen LogP contribution in [0.4, 0.5) is 0 Å². The lowest BCUT2D eigenvalue weighted by atomic mass is 9.88. The van der Waals surface area contributed by atoms with Crippen molar-refractivity contribution in [3.8, 4) is 11.5 Å². The summed E-state index contributed by atoms with van der Waals surface area (Å²) >= 11 is 24.3. The van der Waals surface area contributed by atoms with Crippen molar-refractivity contribution >= 4 is 58.0 Å². The molecule has 0 N–H and O–H groups in total. The molecule has 2 rings (SSSR count). The summed E-state index contributed by atoms with van der Waals surface area (Å²) in [4.78, 5) is 31.9. The van der Waals surface area contributed by atoms with Gasteiger partial charge >= 0.3 is 0 Å². The predicted molar refractivity (Wildman–Crippen MR) is 194 cm³/mol. The monoisotopic (exact) mass is 716 g/mol. The van der Waals surface area contributed by atoms with Crippen LogP contribution in [0.15, 0.2) is 48.5 Å². The van der Waals surface area contributed by atoms with Crippen molar-refractivity contribution in [2.75, 3.05) is 76.0 Å². The minimum absolute atomic E-state index is 0.101. The zero-order valence-corrected chi connectivity index (χ0v) is 30.6. The number of hydrogen-bond donors (Lipinski definition) is 0. The summed E-state index contributed by atoms with van der Waals surface area (Å²) in [5.41, 5.74) is 1.34. The molecular weight excluding hydrogens is 666 g/mol. The zero-order valence-electron chi connectivity index (χ0n) is 27.5. The van der Waals surface area contributed by atoms with Crippen LogP contribution in [0.5, 0.6) is 11.5 Å². The van der Waals surface area contributed by atoms with Crippen LogP contribution in [-0.4, -0.2) is 97.4 Å². The summed E-state index contributed by atoms with van der Waals surface area (Å²) in [6.07, 6.45) is 4.86. The Labute approximate surface area is 297 Å². The normalized spacial score (nSPS) is 12.8. The Bertz CT molecular complexity index is 1000. The molecule has 0 aliphatic carbocycles. The number of hydrogen-bond acceptors (Lipinski definition) is 6. The number of ether oxygens (including phenoxy) is 2. The number of benzene rings is 2. The molecule has 2 atom stereocenters. The number of rotatable bonds is 27. The van der Waals surface area contributed by atoms with Gasteiger partial charge in [0.15, 0.2) is 11.6 Å². The highest BCUT2D eigenvalue weighted by Gasteiger charge is 2.25. The smallest absolute Gasteiger partial charge is 0.167 e. The highest BCUT2D eigenvalue weighted by atomic mass is 35.5. The van der Waals surface area contributed by atoms with Gasteiger partial charge in [-0.15, -0.1) is 46.4 Å². The van der Waals surface area contributed by atoms with Gasteiger partial charge in [0.1, 0.15) is 11.5 Å². The maximum absolute atomic E-state index is 13.8. The lowest BCUT2D eigenvalue weighted by Crippen LogP contribution is -2.36. The molecule has 0 aliphatic heterocycles. The minimum atomic E-state index is -0.220. The Kier molecular flexibility index (Phi) is 21.7. The van der Waals surface area contributed by atoms with Crippen molar-refractivity contribution in [1.82, 2.24) is 9.80 Å². The van der Waals surface area contributed by atoms with Gasteiger partial charge in [-0.1, -0.05) is 26.7 Å². The van der Waals surface area contributed by atoms with Gasteiger partial charge < -0.3 is 19.3 Å². The van der Waals surface area contributed by atoms with Gasteiger partial charge in [-0.3, -0.25) is 9.59 Å². The summed E-state index contributed by atoms with van der Waals surface area (Å²) in [7, 11) is 0. The Morgan fingerprint density at radius 3 is 1.20 bits per heavy atom. The van der Waals surface area contributed by atoms with Crippen molar-refractivity contribution in [2.24, 2.45) is 11.8 Å². The molecular formula is C36H52Cl4N2O4. The number of ketones is 2. The fraction of sp³-hybridized carbons (Fsp3) is 0.611. The van der Waals surface area contributed by atoms with Gasteiger partial charge in [0.25, 0.3) is 0 Å². The molecule has 0 saturated heterocycles. The fourth-order valence-corrected chi connectivity index (χ4v) is 6.38. The third kappa shape index (κ3) is 15.1. The SMILES string of the molecule is CCCOc1ccc(C(=O)[C@@H](CCCC[C@@H](CN(CCCl)CCCl)C(=O)c2ccc(OCCC)cc2)CN(CCCl)CCCl)cc1. The molecule has 0 aromatic heterocycles. The lowest BCUT2D eigenvalue weighted by Gasteiger charge is -2.27. The molecule has 0 saturated carbocycles. The topological polar surface area (TPSA) is 59.1 Å². The maximum atomic E-state index is 13.8. The van der Waals surface area contributed by atoms with Crippen LogP contribution in [0, 0.1) is 11.8 Å². The molecule has 10 heteroatoms. The van der Waals surface area contributed by atoms with E-state index in [9.17, 15) is 9.59 Å². The van der Waals surface area contributed by atoms with Crippen LogP contribution >= 0.6 is 46.4 Å². The molecule has 0 amide bonds. The summed E-state index contributed by atoms with van der Waals surface area (Å²) in [5, 5.41) is 0. The molecule has 2 aromatic rings. The second-order valence-electron chi connectivity index (χ2n) is 11.5. The second-order valence-corrected chi connectivity index (χ2v) is 13.0. The number of Topliss-reactive ketones (excluding diaryl/α,β-unsaturated/α-hetero) is 2. The van der Waals surface area contributed by atoms with Gasteiger partial charge in [0.2, 0.25) is 0 Å². The van der Waals surface area contributed by atoms with Crippen molar-refractivity contribution in [2.45, 2.75) is 52.4 Å². The summed E-state index contributed by atoms with van der Waals surface area (Å²) in [5.74, 6) is 3.17. The maximum Gasteiger partial charge on any atom is 0.167 e. The number of halogens is 4. The van der Waals surface area contributed by atoms with Crippen LogP contribution in [0.2, 0.25) is 0 Å². The number of carbonyl (C=O) groups excluding carboxylic acids is 2. The molecule has 0 aliphatic rings. The van der Waals surface area contributed by atoms with Gasteiger partial charge in [0, 0.05) is 85.8 Å². The van der Waals surface area contributed by atoms with Gasteiger partial charge in [0.05, 0.1) is 13.2 Å². The molecule has 0 fully saturated rings. The van der Waals surface area contributed by atoms with Crippen molar-refractivity contribution in [3.63, 3.8) is 0 Å². The number of carbonyl (C=O) groups is 2. The van der Waals surface area contributed by atoms with Crippen LogP contribution in [0.3, 0.4) is 0 Å². The van der Waals surface area contributed by atoms with Crippen LogP contribution < -0.4 is 9.47 Å². The summed E-state index contributed by atoms with van der Waals surface area (Å²) < 4.78 is 11.4. The average molecular weight is 719 g/mol. The van der Waals surface area contributed by atoms with E-state index in [2.05, 4.69) is 23.6 Å². The van der Waals surface area contributed by atoms with E-state index in [0.29, 0.717) is 100.0 Å². The van der Waals surface area contributed by atoms with Crippen LogP contribution in [-0.2, 0) is 0 Å². The first-order chi connectivity index (χ1) is 22.4. The molecule has 0 radical (unpaired) electrons. The molecule has 6 nitrogen and oxygen atoms in total. The Morgan fingerprint density at radius 1 is 0.587 bits per heavy atom. The molecule has 0 spiro atoms. The van der Waals surface area contributed by atoms with E-state index >= 15 is 0 Å². The van der Waals surface area contributed by atoms with Crippen molar-refractivity contribution < 1.29 is 19.1 Å². The largest absolute Gasteiger partial charge is 0.494 e. The molecule has 2 aromatic carbocycles. The highest BCUT2D eigenvalue weighted by Crippen LogP contribution is 2.24. The standard InChI is InChI=1S/C36H52Cl4N2O4/c1-3-25-45-33-13-9-29(10-14-33)35(43)31(27-41(21-17-37)22-18-38)7-5-6-8-32(28-42(23-19-39)24-20-40)36(44)30-11-15-34(16-12-30)46-26-4-2/h9-16,31-32H,3-8,17-28H2,1-2H3/t31-,32-/m0/s1. The first kappa shape index (κ1) is 40.6. The molecule has 46 heavy (non-hydrogen) atoms. The molecule has 0 bridgehead atoms. The van der Waals surface area contributed by atoms with Gasteiger partial charge in [-0.2, -0.15) is 0 Å². The van der Waals surface area contributed by atoms with E-state index in [1.807, 2.05) is 48.5 Å². The van der Waals surface area contributed by atoms with Crippen LogP contribution in [0.1, 0.15) is 73.1 Å². The third-order valence-corrected chi connectivity index (χ3v) is 8.56. The van der Waals surface area contributed by atoms with E-state index in [1.54, 1.807) is 0 Å². The van der Waals surface area contributed by atoms with Crippen molar-refractivity contribution in [1.29, 1.82) is 0 Å². The van der Waals surface area contributed by atoms with E-state index in [1.165, 1.54) is 0 Å². The zero-order chi connectivity index (χ0) is 33.6. The number of unbranched alkanes of at least 4 members (excludes halogenated alkanes) is 1. The van der Waals surface area contributed by atoms with E-state index < -0.39 is 0 Å². The predicted octanol–water partition coefficient (Wildman–Crippen LogP) is 8.68. The van der Waals surface area contributed by atoms with Gasteiger partial charge in [-0.05, 0) is 74.2 Å². The van der Waals surface area contributed by atoms with Crippen molar-refractivity contribution in [3.05, 3.63) is 59.7 Å². The van der Waals surface area contributed by atoms with E-state index in [-0.39, 0.29) is 23.4 Å². The quantitative estimate of drug-likeness (QED) is 0.0524. The number of alkyl halides is 4. The third-order valence-electron chi connectivity index (χ3n) is 7.88. The average Bonchev–Trinajstić information content (AvgIpc) is 3.07. The van der Waals surface area contributed by atoms with E-state index in [0.717, 1.165) is 37.2 Å². The number of nitrogens with zero attached hydrogens (tertiary/aromatic N) is 2. The van der Waals surface area contributed by atoms with Crippen LogP contribution in [0.25, 0.3) is 0 Å². The fourth-order valence-electron chi connectivity index (χ4n) is 5.42. The first-order valence-electron chi connectivity index (χ1n) is 16.6. The summed E-state index contributed by atoms with van der Waals surface area (Å²) in [6, 6.07) is 14.9. The molecule has 258 valence electrons. The molecule has 0 unspecified atom stereocenters. The summed E-state index contributed by atoms with van der Waals surface area (Å²) in [6.45, 7) is 9.22. The minimum Gasteiger partial charge on any atom is -0.494 e. The molecule has 0 heterocycles. The Morgan fingerprint density at radius 2 is 0.913 bits per heavy atom.